The van der Waals surface area contributed by atoms with E-state index < -0.39 is 0 Å². The lowest BCUT2D eigenvalue weighted by Crippen LogP contribution is -2.27. The molecule has 0 radical (unpaired) electrons. The summed E-state index contributed by atoms with van der Waals surface area (Å²) < 4.78 is 11.7. The maximum absolute atomic E-state index is 12.3. The standard InChI is InChI=1S/C21H34O3/c1-13(2)12-19(14(3)4)21(22)24-11-10-23-20-17-8-9-18(20)16-7-5-6-15(16)17/h5-6,13-20H,7-12H2,1-4H3. The van der Waals surface area contributed by atoms with E-state index in [0.29, 0.717) is 37.1 Å². The Morgan fingerprint density at radius 3 is 2.50 bits per heavy atom. The molecule has 0 N–H and O–H groups in total. The third-order valence-corrected chi connectivity index (χ3v) is 6.45. The second kappa shape index (κ2) is 7.59. The fourth-order valence-corrected chi connectivity index (χ4v) is 5.34. The van der Waals surface area contributed by atoms with E-state index in [-0.39, 0.29) is 11.9 Å². The monoisotopic (exact) mass is 334 g/mol. The van der Waals surface area contributed by atoms with Crippen molar-refractivity contribution in [2.45, 2.75) is 59.5 Å². The smallest absolute Gasteiger partial charge is 0.309 e. The zero-order valence-electron chi connectivity index (χ0n) is 15.7. The predicted octanol–water partition coefficient (Wildman–Crippen LogP) is 4.47. The maximum atomic E-state index is 12.3. The Balaban J connectivity index is 1.41. The molecule has 3 aliphatic rings. The number of esters is 1. The number of fused-ring (bicyclic) bond motifs is 5. The first-order valence-electron chi connectivity index (χ1n) is 9.94. The van der Waals surface area contributed by atoms with Gasteiger partial charge in [0.25, 0.3) is 0 Å². The van der Waals surface area contributed by atoms with Crippen LogP contribution in [0.5, 0.6) is 0 Å². The molecule has 0 aromatic rings. The van der Waals surface area contributed by atoms with Crippen LogP contribution >= 0.6 is 0 Å². The number of rotatable bonds is 8. The Bertz CT molecular complexity index is 468. The molecule has 3 nitrogen and oxygen atoms in total. The second-order valence-electron chi connectivity index (χ2n) is 8.79. The van der Waals surface area contributed by atoms with Crippen molar-refractivity contribution < 1.29 is 14.3 Å². The molecule has 0 saturated heterocycles. The predicted molar refractivity (Wildman–Crippen MR) is 95.4 cm³/mol. The summed E-state index contributed by atoms with van der Waals surface area (Å²) in [4.78, 5) is 12.3. The van der Waals surface area contributed by atoms with Crippen LogP contribution in [0.2, 0.25) is 0 Å². The van der Waals surface area contributed by atoms with Crippen molar-refractivity contribution in [3.63, 3.8) is 0 Å². The minimum atomic E-state index is -0.0449. The molecule has 0 aromatic carbocycles. The highest BCUT2D eigenvalue weighted by Crippen LogP contribution is 2.57. The summed E-state index contributed by atoms with van der Waals surface area (Å²) in [7, 11) is 0. The molecule has 136 valence electrons. The van der Waals surface area contributed by atoms with Crippen LogP contribution in [0.4, 0.5) is 0 Å². The van der Waals surface area contributed by atoms with Gasteiger partial charge >= 0.3 is 5.97 Å². The van der Waals surface area contributed by atoms with Gasteiger partial charge in [-0.05, 0) is 61.2 Å². The maximum Gasteiger partial charge on any atom is 0.309 e. The summed E-state index contributed by atoms with van der Waals surface area (Å²) in [6, 6.07) is 0. The molecule has 6 atom stereocenters. The van der Waals surface area contributed by atoms with Gasteiger partial charge in [0.05, 0.1) is 18.6 Å². The van der Waals surface area contributed by atoms with Crippen molar-refractivity contribution in [3.8, 4) is 0 Å². The first-order valence-corrected chi connectivity index (χ1v) is 9.94. The number of ether oxygens (including phenoxy) is 2. The first kappa shape index (κ1) is 18.0. The molecular weight excluding hydrogens is 300 g/mol. The van der Waals surface area contributed by atoms with Crippen molar-refractivity contribution >= 4 is 5.97 Å². The summed E-state index contributed by atoms with van der Waals surface area (Å²) in [6.07, 6.45) is 9.96. The lowest BCUT2D eigenvalue weighted by molar-refractivity contribution is -0.153. The molecule has 2 bridgehead atoms. The lowest BCUT2D eigenvalue weighted by atomic mass is 9.82. The van der Waals surface area contributed by atoms with E-state index in [4.69, 9.17) is 9.47 Å². The van der Waals surface area contributed by atoms with E-state index in [0.717, 1.165) is 24.2 Å². The minimum absolute atomic E-state index is 0.0113. The fraction of sp³-hybridized carbons (Fsp3) is 0.857. The van der Waals surface area contributed by atoms with Crippen molar-refractivity contribution in [1.29, 1.82) is 0 Å². The highest BCUT2D eigenvalue weighted by Gasteiger charge is 2.54. The number of hydrogen-bond donors (Lipinski definition) is 0. The number of hydrogen-bond acceptors (Lipinski definition) is 3. The summed E-state index contributed by atoms with van der Waals surface area (Å²) in [5, 5.41) is 0. The zero-order chi connectivity index (χ0) is 17.3. The number of allylic oxidation sites excluding steroid dienone is 2. The van der Waals surface area contributed by atoms with E-state index in [1.165, 1.54) is 19.3 Å². The van der Waals surface area contributed by atoms with Crippen LogP contribution in [0.3, 0.4) is 0 Å². The van der Waals surface area contributed by atoms with Gasteiger partial charge in [0.15, 0.2) is 0 Å². The molecule has 6 unspecified atom stereocenters. The summed E-state index contributed by atoms with van der Waals surface area (Å²) in [5.74, 6) is 3.84. The van der Waals surface area contributed by atoms with E-state index >= 15 is 0 Å². The Hall–Kier alpha value is -0.830. The van der Waals surface area contributed by atoms with Crippen LogP contribution in [0.1, 0.15) is 53.4 Å². The van der Waals surface area contributed by atoms with Crippen LogP contribution in [-0.4, -0.2) is 25.3 Å². The first-order chi connectivity index (χ1) is 11.5. The molecule has 2 fully saturated rings. The molecule has 0 heterocycles. The van der Waals surface area contributed by atoms with Gasteiger partial charge in [-0.15, -0.1) is 0 Å². The van der Waals surface area contributed by atoms with Gasteiger partial charge < -0.3 is 9.47 Å². The topological polar surface area (TPSA) is 35.5 Å². The Kier molecular flexibility index (Phi) is 5.69. The van der Waals surface area contributed by atoms with E-state index in [2.05, 4.69) is 39.8 Å². The second-order valence-corrected chi connectivity index (χ2v) is 8.79. The van der Waals surface area contributed by atoms with Crippen molar-refractivity contribution in [3.05, 3.63) is 12.2 Å². The van der Waals surface area contributed by atoms with Crippen molar-refractivity contribution in [2.24, 2.45) is 41.4 Å². The molecule has 0 aromatic heterocycles. The van der Waals surface area contributed by atoms with E-state index in [1.54, 1.807) is 0 Å². The Morgan fingerprint density at radius 1 is 1.08 bits per heavy atom. The summed E-state index contributed by atoms with van der Waals surface area (Å²) in [6.45, 7) is 9.49. The Morgan fingerprint density at radius 2 is 1.83 bits per heavy atom. The average molecular weight is 334 g/mol. The normalized spacial score (nSPS) is 35.0. The molecule has 3 aliphatic carbocycles. The van der Waals surface area contributed by atoms with Gasteiger partial charge in [-0.1, -0.05) is 39.8 Å². The van der Waals surface area contributed by atoms with Gasteiger partial charge in [-0.25, -0.2) is 0 Å². The summed E-state index contributed by atoms with van der Waals surface area (Å²) >= 11 is 0. The number of carbonyl (C=O) groups is 1. The van der Waals surface area contributed by atoms with Gasteiger partial charge in [0, 0.05) is 0 Å². The van der Waals surface area contributed by atoms with Crippen LogP contribution in [0.25, 0.3) is 0 Å². The van der Waals surface area contributed by atoms with Crippen LogP contribution in [0.15, 0.2) is 12.2 Å². The quantitative estimate of drug-likeness (QED) is 0.373. The zero-order valence-corrected chi connectivity index (χ0v) is 15.7. The van der Waals surface area contributed by atoms with Crippen molar-refractivity contribution in [1.82, 2.24) is 0 Å². The van der Waals surface area contributed by atoms with E-state index in [9.17, 15) is 4.79 Å². The molecule has 0 spiro atoms. The SMILES string of the molecule is CC(C)CC(C(=O)OCCOC1C2CCC1C1CC=CC12)C(C)C. The largest absolute Gasteiger partial charge is 0.463 e. The van der Waals surface area contributed by atoms with Crippen LogP contribution in [0, 0.1) is 41.4 Å². The molecule has 3 heteroatoms. The van der Waals surface area contributed by atoms with Gasteiger partial charge in [0.1, 0.15) is 6.61 Å². The van der Waals surface area contributed by atoms with Gasteiger partial charge in [0.2, 0.25) is 0 Å². The lowest BCUT2D eigenvalue weighted by Gasteiger charge is -2.22. The molecule has 0 amide bonds. The third-order valence-electron chi connectivity index (χ3n) is 6.45. The molecular formula is C21H34O3. The molecule has 3 rings (SSSR count). The highest BCUT2D eigenvalue weighted by molar-refractivity contribution is 5.72. The molecule has 24 heavy (non-hydrogen) atoms. The van der Waals surface area contributed by atoms with Gasteiger partial charge in [-0.3, -0.25) is 4.79 Å². The Labute approximate surface area is 147 Å². The number of carbonyl (C=O) groups excluding carboxylic acids is 1. The van der Waals surface area contributed by atoms with Crippen LogP contribution in [-0.2, 0) is 14.3 Å². The van der Waals surface area contributed by atoms with Gasteiger partial charge in [-0.2, -0.15) is 0 Å². The molecule has 0 aliphatic heterocycles. The third kappa shape index (κ3) is 3.56. The van der Waals surface area contributed by atoms with E-state index in [1.807, 2.05) is 0 Å². The van der Waals surface area contributed by atoms with Crippen molar-refractivity contribution in [2.75, 3.05) is 13.2 Å². The fourth-order valence-electron chi connectivity index (χ4n) is 5.34. The molecule has 2 saturated carbocycles. The highest BCUT2D eigenvalue weighted by atomic mass is 16.6. The van der Waals surface area contributed by atoms with Crippen LogP contribution < -0.4 is 0 Å². The average Bonchev–Trinajstić information content (AvgIpc) is 3.20. The minimum Gasteiger partial charge on any atom is -0.463 e. The summed E-state index contributed by atoms with van der Waals surface area (Å²) in [5.41, 5.74) is 0.